The van der Waals surface area contributed by atoms with Crippen LogP contribution in [0.5, 0.6) is 0 Å². The molecule has 0 aliphatic rings. The second-order valence-electron chi connectivity index (χ2n) is 4.26. The van der Waals surface area contributed by atoms with Gasteiger partial charge in [0.15, 0.2) is 0 Å². The van der Waals surface area contributed by atoms with Crippen LogP contribution in [0.25, 0.3) is 0 Å². The van der Waals surface area contributed by atoms with Gasteiger partial charge >= 0.3 is 106 Å². The van der Waals surface area contributed by atoms with Gasteiger partial charge in [-0.2, -0.15) is 0 Å². The molecule has 0 saturated carbocycles. The standard InChI is InChI=1S/C15H22Se/c1-4-5-6-10-13-15(2,16-3)14-11-8-7-9-12-14/h4-5,7-9,11-12H,6,10,13H2,1-3H3/b5-4+. The van der Waals surface area contributed by atoms with E-state index >= 15 is 0 Å². The van der Waals surface area contributed by atoms with E-state index in [1.54, 1.807) is 0 Å². The summed E-state index contributed by atoms with van der Waals surface area (Å²) in [6.07, 6.45) is 8.24. The fraction of sp³-hybridized carbons (Fsp3) is 0.467. The summed E-state index contributed by atoms with van der Waals surface area (Å²) in [6.45, 7) is 4.51. The Labute approximate surface area is 106 Å². The van der Waals surface area contributed by atoms with Crippen LogP contribution in [0.15, 0.2) is 42.5 Å². The molecule has 0 N–H and O–H groups in total. The molecule has 0 bridgehead atoms. The van der Waals surface area contributed by atoms with E-state index in [0.717, 1.165) is 0 Å². The van der Waals surface area contributed by atoms with E-state index in [1.165, 1.54) is 24.8 Å². The molecule has 0 amide bonds. The van der Waals surface area contributed by atoms with Gasteiger partial charge in [0.25, 0.3) is 0 Å². The van der Waals surface area contributed by atoms with Crippen LogP contribution in [0.3, 0.4) is 0 Å². The molecule has 0 fully saturated rings. The van der Waals surface area contributed by atoms with Crippen molar-refractivity contribution in [1.82, 2.24) is 0 Å². The molecule has 16 heavy (non-hydrogen) atoms. The van der Waals surface area contributed by atoms with E-state index in [4.69, 9.17) is 0 Å². The molecule has 0 aliphatic carbocycles. The molecule has 1 atom stereocenters. The quantitative estimate of drug-likeness (QED) is 0.412. The fourth-order valence-electron chi connectivity index (χ4n) is 1.88. The monoisotopic (exact) mass is 282 g/mol. The molecule has 0 heterocycles. The Morgan fingerprint density at radius 3 is 2.50 bits per heavy atom. The van der Waals surface area contributed by atoms with Gasteiger partial charge in [-0.15, -0.1) is 0 Å². The van der Waals surface area contributed by atoms with Crippen LogP contribution >= 0.6 is 0 Å². The van der Waals surface area contributed by atoms with Crippen molar-refractivity contribution in [3.63, 3.8) is 0 Å². The zero-order chi connectivity index (χ0) is 11.9. The maximum absolute atomic E-state index is 2.41. The Kier molecular flexibility index (Phi) is 5.87. The molecular formula is C15H22Se. The average molecular weight is 281 g/mol. The SMILES string of the molecule is C/C=C/CCCC(C)([Se]C)c1ccccc1. The van der Waals surface area contributed by atoms with Gasteiger partial charge in [-0.1, -0.05) is 0 Å². The van der Waals surface area contributed by atoms with Crippen LogP contribution in [0.4, 0.5) is 0 Å². The Morgan fingerprint density at radius 1 is 1.25 bits per heavy atom. The van der Waals surface area contributed by atoms with Crippen molar-refractivity contribution in [2.75, 3.05) is 0 Å². The molecule has 1 aromatic rings. The molecule has 0 aliphatic heterocycles. The Hall–Kier alpha value is -0.521. The summed E-state index contributed by atoms with van der Waals surface area (Å²) in [5, 5.41) is 0. The summed E-state index contributed by atoms with van der Waals surface area (Å²) < 4.78 is 0.413. The number of benzene rings is 1. The van der Waals surface area contributed by atoms with Crippen molar-refractivity contribution in [1.29, 1.82) is 0 Å². The number of allylic oxidation sites excluding steroid dienone is 2. The van der Waals surface area contributed by atoms with Gasteiger partial charge in [0.05, 0.1) is 0 Å². The molecule has 0 aromatic heterocycles. The predicted octanol–water partition coefficient (Wildman–Crippen LogP) is 4.40. The Bertz CT molecular complexity index is 315. The molecule has 1 heteroatoms. The predicted molar refractivity (Wildman–Crippen MR) is 74.1 cm³/mol. The Balaban J connectivity index is 2.63. The van der Waals surface area contributed by atoms with Crippen molar-refractivity contribution < 1.29 is 0 Å². The number of rotatable bonds is 6. The number of hydrogen-bond donors (Lipinski definition) is 0. The summed E-state index contributed by atoms with van der Waals surface area (Å²) in [7, 11) is 0. The third-order valence-corrected chi connectivity index (χ3v) is 5.91. The molecular weight excluding hydrogens is 259 g/mol. The molecule has 0 nitrogen and oxygen atoms in total. The first-order valence-corrected chi connectivity index (χ1v) is 8.52. The van der Waals surface area contributed by atoms with E-state index in [2.05, 4.69) is 62.2 Å². The van der Waals surface area contributed by atoms with E-state index in [1.807, 2.05) is 0 Å². The van der Waals surface area contributed by atoms with Crippen molar-refractivity contribution in [2.45, 2.75) is 43.2 Å². The van der Waals surface area contributed by atoms with Crippen molar-refractivity contribution in [2.24, 2.45) is 0 Å². The van der Waals surface area contributed by atoms with Gasteiger partial charge in [-0.3, -0.25) is 0 Å². The Morgan fingerprint density at radius 2 is 1.94 bits per heavy atom. The maximum atomic E-state index is 2.41. The minimum absolute atomic E-state index is 0.413. The second-order valence-corrected chi connectivity index (χ2v) is 7.01. The van der Waals surface area contributed by atoms with Crippen LogP contribution in [0.1, 0.15) is 38.7 Å². The third-order valence-electron chi connectivity index (χ3n) is 3.10. The fourth-order valence-corrected chi connectivity index (χ4v) is 3.39. The number of unbranched alkanes of at least 4 members (excludes halogenated alkanes) is 1. The van der Waals surface area contributed by atoms with Crippen LogP contribution in [0, 0.1) is 0 Å². The summed E-state index contributed by atoms with van der Waals surface area (Å²) in [4.78, 5) is 0. The normalized spacial score (nSPS) is 15.2. The third kappa shape index (κ3) is 3.81. The topological polar surface area (TPSA) is 0 Å². The van der Waals surface area contributed by atoms with Crippen LogP contribution in [-0.2, 0) is 4.31 Å². The van der Waals surface area contributed by atoms with Crippen molar-refractivity contribution >= 4 is 15.0 Å². The second kappa shape index (κ2) is 6.93. The van der Waals surface area contributed by atoms with E-state index in [9.17, 15) is 0 Å². The van der Waals surface area contributed by atoms with E-state index in [-0.39, 0.29) is 0 Å². The molecule has 88 valence electrons. The van der Waals surface area contributed by atoms with Crippen molar-refractivity contribution in [3.05, 3.63) is 48.0 Å². The van der Waals surface area contributed by atoms with Gasteiger partial charge in [0.2, 0.25) is 0 Å². The molecule has 0 spiro atoms. The van der Waals surface area contributed by atoms with Crippen LogP contribution in [-0.4, -0.2) is 15.0 Å². The van der Waals surface area contributed by atoms with Crippen LogP contribution < -0.4 is 0 Å². The van der Waals surface area contributed by atoms with Crippen LogP contribution in [0.2, 0.25) is 5.82 Å². The molecule has 1 unspecified atom stereocenters. The number of hydrogen-bond acceptors (Lipinski definition) is 0. The van der Waals surface area contributed by atoms with Gasteiger partial charge in [-0.25, -0.2) is 0 Å². The van der Waals surface area contributed by atoms with Gasteiger partial charge in [0.1, 0.15) is 0 Å². The molecule has 1 aromatic carbocycles. The molecule has 0 saturated heterocycles. The zero-order valence-corrected chi connectivity index (χ0v) is 12.3. The summed E-state index contributed by atoms with van der Waals surface area (Å²) in [5.74, 6) is 2.36. The van der Waals surface area contributed by atoms with Gasteiger partial charge < -0.3 is 0 Å². The average Bonchev–Trinajstić information content (AvgIpc) is 2.35. The van der Waals surface area contributed by atoms with E-state index < -0.39 is 0 Å². The van der Waals surface area contributed by atoms with E-state index in [0.29, 0.717) is 19.3 Å². The zero-order valence-electron chi connectivity index (χ0n) is 10.6. The summed E-state index contributed by atoms with van der Waals surface area (Å²) >= 11 is 0.657. The first-order chi connectivity index (χ1) is 7.73. The minimum atomic E-state index is 0.413. The van der Waals surface area contributed by atoms with Crippen molar-refractivity contribution in [3.8, 4) is 0 Å². The first-order valence-electron chi connectivity index (χ1n) is 5.95. The summed E-state index contributed by atoms with van der Waals surface area (Å²) in [6, 6.07) is 11.0. The molecule has 1 rings (SSSR count). The molecule has 0 radical (unpaired) electrons. The van der Waals surface area contributed by atoms with Gasteiger partial charge in [-0.05, 0) is 0 Å². The summed E-state index contributed by atoms with van der Waals surface area (Å²) in [5.41, 5.74) is 1.51. The first kappa shape index (κ1) is 13.5. The van der Waals surface area contributed by atoms with Gasteiger partial charge in [0, 0.05) is 0 Å².